The molecule has 2 atom stereocenters. The highest BCUT2D eigenvalue weighted by Gasteiger charge is 2.29. The molecule has 1 aromatic carbocycles. The van der Waals surface area contributed by atoms with Crippen LogP contribution in [-0.2, 0) is 27.2 Å². The van der Waals surface area contributed by atoms with Gasteiger partial charge in [0.2, 0.25) is 0 Å². The summed E-state index contributed by atoms with van der Waals surface area (Å²) in [5.41, 5.74) is 7.72. The Morgan fingerprint density at radius 1 is 1.21 bits per heavy atom. The van der Waals surface area contributed by atoms with Gasteiger partial charge in [-0.25, -0.2) is 0 Å². The largest absolute Gasteiger partial charge is 0.455 e. The Kier molecular flexibility index (Phi) is 6.69. The Balaban J connectivity index is 1.66. The van der Waals surface area contributed by atoms with E-state index in [9.17, 15) is 14.4 Å². The van der Waals surface area contributed by atoms with E-state index < -0.39 is 30.3 Å². The van der Waals surface area contributed by atoms with Crippen molar-refractivity contribution >= 4 is 34.1 Å². The Morgan fingerprint density at radius 2 is 1.93 bits per heavy atom. The van der Waals surface area contributed by atoms with Crippen LogP contribution >= 0.6 is 11.3 Å². The molecule has 2 unspecified atom stereocenters. The van der Waals surface area contributed by atoms with Gasteiger partial charge < -0.3 is 15.8 Å². The summed E-state index contributed by atoms with van der Waals surface area (Å²) in [6.07, 6.45) is 3.48. The first-order valence-electron chi connectivity index (χ1n) is 9.88. The number of nitrogens with two attached hydrogens (primary N) is 1. The van der Waals surface area contributed by atoms with E-state index in [1.165, 1.54) is 11.3 Å². The van der Waals surface area contributed by atoms with Crippen molar-refractivity contribution in [3.8, 4) is 0 Å². The van der Waals surface area contributed by atoms with Crippen LogP contribution in [0, 0.1) is 5.92 Å². The second-order valence-corrected chi connectivity index (χ2v) is 8.46. The van der Waals surface area contributed by atoms with Crippen molar-refractivity contribution in [3.63, 3.8) is 0 Å². The van der Waals surface area contributed by atoms with Crippen molar-refractivity contribution < 1.29 is 19.1 Å². The predicted octanol–water partition coefficient (Wildman–Crippen LogP) is 3.65. The lowest BCUT2D eigenvalue weighted by Gasteiger charge is -2.21. The molecular weight excluding hydrogens is 388 g/mol. The van der Waals surface area contributed by atoms with Crippen molar-refractivity contribution in [2.45, 2.75) is 45.4 Å². The molecule has 2 aromatic rings. The van der Waals surface area contributed by atoms with Gasteiger partial charge in [-0.2, -0.15) is 0 Å². The number of nitrogens with one attached hydrogen (secondary N) is 1. The molecule has 1 aromatic heterocycles. The van der Waals surface area contributed by atoms with Crippen LogP contribution in [0.15, 0.2) is 30.3 Å². The van der Waals surface area contributed by atoms with Gasteiger partial charge in [0.25, 0.3) is 11.8 Å². The average Bonchev–Trinajstić information content (AvgIpc) is 3.27. The van der Waals surface area contributed by atoms with Crippen LogP contribution < -0.4 is 11.1 Å². The Hall–Kier alpha value is -2.67. The third-order valence-electron chi connectivity index (χ3n) is 5.39. The first-order valence-corrected chi connectivity index (χ1v) is 10.7. The molecule has 3 rings (SSSR count). The number of thiophene rings is 1. The summed E-state index contributed by atoms with van der Waals surface area (Å²) in [4.78, 5) is 38.0. The van der Waals surface area contributed by atoms with Crippen molar-refractivity contribution in [1.82, 2.24) is 0 Å². The molecule has 1 aliphatic carbocycles. The second-order valence-electron chi connectivity index (χ2n) is 7.36. The van der Waals surface area contributed by atoms with Crippen LogP contribution in [0.3, 0.4) is 0 Å². The summed E-state index contributed by atoms with van der Waals surface area (Å²) in [7, 11) is 0. The summed E-state index contributed by atoms with van der Waals surface area (Å²) < 4.78 is 5.33. The van der Waals surface area contributed by atoms with Gasteiger partial charge in [0.15, 0.2) is 6.61 Å². The monoisotopic (exact) mass is 414 g/mol. The van der Waals surface area contributed by atoms with Gasteiger partial charge in [-0.15, -0.1) is 11.3 Å². The topological polar surface area (TPSA) is 98.5 Å². The number of rotatable bonds is 8. The first kappa shape index (κ1) is 21.0. The molecule has 0 saturated carbocycles. The van der Waals surface area contributed by atoms with Crippen LogP contribution in [0.4, 0.5) is 5.00 Å². The van der Waals surface area contributed by atoms with Gasteiger partial charge in [0.1, 0.15) is 5.00 Å². The van der Waals surface area contributed by atoms with Gasteiger partial charge in [-0.3, -0.25) is 14.4 Å². The zero-order valence-electron chi connectivity index (χ0n) is 16.7. The smallest absolute Gasteiger partial charge is 0.314 e. The lowest BCUT2D eigenvalue weighted by atomic mass is 9.86. The third-order valence-corrected chi connectivity index (χ3v) is 6.60. The van der Waals surface area contributed by atoms with Crippen molar-refractivity contribution in [3.05, 3.63) is 51.9 Å². The van der Waals surface area contributed by atoms with Crippen molar-refractivity contribution in [1.29, 1.82) is 0 Å². The number of carbonyl (C=O) groups excluding carboxylic acids is 3. The fourth-order valence-corrected chi connectivity index (χ4v) is 5.05. The molecule has 7 heteroatoms. The molecule has 154 valence electrons. The standard InChI is InChI=1S/C22H26N2O4S/c1-3-13(2)18(14-8-5-4-6-9-14)22(27)28-12-17(25)24-21-19(20(23)26)15-10-7-11-16(15)29-21/h4-6,8-9,13,18H,3,7,10-12H2,1-2H3,(H2,23,26)(H,24,25). The zero-order chi connectivity index (χ0) is 21.0. The minimum absolute atomic E-state index is 0.0784. The molecule has 29 heavy (non-hydrogen) atoms. The second kappa shape index (κ2) is 9.22. The molecule has 0 fully saturated rings. The first-order chi connectivity index (χ1) is 13.9. The van der Waals surface area contributed by atoms with Crippen LogP contribution in [-0.4, -0.2) is 24.4 Å². The van der Waals surface area contributed by atoms with E-state index >= 15 is 0 Å². The number of primary amides is 1. The highest BCUT2D eigenvalue weighted by Crippen LogP contribution is 2.38. The van der Waals surface area contributed by atoms with E-state index in [-0.39, 0.29) is 5.92 Å². The van der Waals surface area contributed by atoms with E-state index in [2.05, 4.69) is 5.32 Å². The zero-order valence-corrected chi connectivity index (χ0v) is 17.5. The maximum atomic E-state index is 12.7. The fourth-order valence-electron chi connectivity index (χ4n) is 3.74. The number of ether oxygens (including phenoxy) is 1. The SMILES string of the molecule is CCC(C)C(C(=O)OCC(=O)Nc1sc2c(c1C(N)=O)CCC2)c1ccccc1. The summed E-state index contributed by atoms with van der Waals surface area (Å²) in [6, 6.07) is 9.44. The van der Waals surface area contributed by atoms with Crippen LogP contribution in [0.2, 0.25) is 0 Å². The van der Waals surface area contributed by atoms with Crippen LogP contribution in [0.25, 0.3) is 0 Å². The van der Waals surface area contributed by atoms with Crippen molar-refractivity contribution in [2.75, 3.05) is 11.9 Å². The van der Waals surface area contributed by atoms with Crippen LogP contribution in [0.1, 0.15) is 59.0 Å². The molecule has 6 nitrogen and oxygen atoms in total. The number of fused-ring (bicyclic) bond motifs is 1. The lowest BCUT2D eigenvalue weighted by molar-refractivity contribution is -0.150. The number of anilines is 1. The van der Waals surface area contributed by atoms with Gasteiger partial charge in [-0.05, 0) is 36.3 Å². The number of aryl methyl sites for hydroxylation is 1. The number of amides is 2. The van der Waals surface area contributed by atoms with Gasteiger partial charge >= 0.3 is 5.97 Å². The molecule has 0 spiro atoms. The number of carbonyl (C=O) groups is 3. The van der Waals surface area contributed by atoms with Crippen LogP contribution in [0.5, 0.6) is 0 Å². The maximum absolute atomic E-state index is 12.7. The van der Waals surface area contributed by atoms with E-state index in [0.717, 1.165) is 41.7 Å². The lowest BCUT2D eigenvalue weighted by Crippen LogP contribution is -2.27. The molecule has 0 radical (unpaired) electrons. The summed E-state index contributed by atoms with van der Waals surface area (Å²) in [6.45, 7) is 3.60. The normalized spacial score (nSPS) is 14.7. The Morgan fingerprint density at radius 3 is 2.59 bits per heavy atom. The average molecular weight is 415 g/mol. The number of hydrogen-bond acceptors (Lipinski definition) is 5. The van der Waals surface area contributed by atoms with Crippen molar-refractivity contribution in [2.24, 2.45) is 11.7 Å². The molecule has 3 N–H and O–H groups in total. The molecule has 2 amide bonds. The molecule has 0 bridgehead atoms. The van der Waals surface area contributed by atoms with E-state index in [1.54, 1.807) is 0 Å². The molecular formula is C22H26N2O4S. The molecule has 1 heterocycles. The fraction of sp³-hybridized carbons (Fsp3) is 0.409. The number of benzene rings is 1. The minimum Gasteiger partial charge on any atom is -0.455 e. The Bertz CT molecular complexity index is 907. The molecule has 0 saturated heterocycles. The summed E-state index contributed by atoms with van der Waals surface area (Å²) >= 11 is 1.38. The van der Waals surface area contributed by atoms with Gasteiger partial charge in [-0.1, -0.05) is 50.6 Å². The third kappa shape index (κ3) is 4.67. The molecule has 0 aliphatic heterocycles. The quantitative estimate of drug-likeness (QED) is 0.644. The highest BCUT2D eigenvalue weighted by molar-refractivity contribution is 7.17. The van der Waals surface area contributed by atoms with E-state index in [1.807, 2.05) is 44.2 Å². The predicted molar refractivity (Wildman–Crippen MR) is 113 cm³/mol. The Labute approximate surface area is 174 Å². The maximum Gasteiger partial charge on any atom is 0.314 e. The minimum atomic E-state index is -0.544. The number of esters is 1. The van der Waals surface area contributed by atoms with Gasteiger partial charge in [0, 0.05) is 4.88 Å². The van der Waals surface area contributed by atoms with Gasteiger partial charge in [0.05, 0.1) is 11.5 Å². The number of hydrogen-bond donors (Lipinski definition) is 2. The van der Waals surface area contributed by atoms with E-state index in [0.29, 0.717) is 10.6 Å². The van der Waals surface area contributed by atoms with E-state index in [4.69, 9.17) is 10.5 Å². The summed E-state index contributed by atoms with van der Waals surface area (Å²) in [5, 5.41) is 3.15. The molecule has 1 aliphatic rings. The highest BCUT2D eigenvalue weighted by atomic mass is 32.1. The summed E-state index contributed by atoms with van der Waals surface area (Å²) in [5.74, 6) is -1.80.